The molecule has 17 heavy (non-hydrogen) atoms. The highest BCUT2D eigenvalue weighted by Gasteiger charge is 2.26. The van der Waals surface area contributed by atoms with E-state index in [0.717, 1.165) is 28.2 Å². The van der Waals surface area contributed by atoms with E-state index < -0.39 is 0 Å². The minimum atomic E-state index is -0.118. The van der Waals surface area contributed by atoms with Gasteiger partial charge in [-0.05, 0) is 31.0 Å². The van der Waals surface area contributed by atoms with E-state index in [1.807, 2.05) is 19.9 Å². The van der Waals surface area contributed by atoms with Crippen molar-refractivity contribution in [2.24, 2.45) is 10.1 Å². The van der Waals surface area contributed by atoms with E-state index in [-0.39, 0.29) is 12.5 Å². The monoisotopic (exact) mass is 228 g/mol. The van der Waals surface area contributed by atoms with Crippen LogP contribution in [-0.2, 0) is 4.79 Å². The summed E-state index contributed by atoms with van der Waals surface area (Å²) in [6.45, 7) is 4.34. The lowest BCUT2D eigenvalue weighted by atomic mass is 10.0. The molecule has 1 N–H and O–H groups in total. The fraction of sp³-hybridized carbons (Fsp3) is 0.250. The number of hydrazone groups is 1. The van der Waals surface area contributed by atoms with Crippen LogP contribution in [0.15, 0.2) is 22.2 Å². The minimum Gasteiger partial charge on any atom is -0.306 e. The van der Waals surface area contributed by atoms with Crippen molar-refractivity contribution < 1.29 is 4.79 Å². The largest absolute Gasteiger partial charge is 0.306 e. The Labute approximate surface area is 98.8 Å². The van der Waals surface area contributed by atoms with Crippen LogP contribution in [-0.4, -0.2) is 29.5 Å². The van der Waals surface area contributed by atoms with Gasteiger partial charge < -0.3 is 4.90 Å². The summed E-state index contributed by atoms with van der Waals surface area (Å²) in [7, 11) is 0. The highest BCUT2D eigenvalue weighted by atomic mass is 16.2. The number of hydrogen-bond donors (Lipinski definition) is 1. The Balaban J connectivity index is 2.20. The number of nitrogens with zero attached hydrogens (tertiary/aromatic N) is 3. The summed E-state index contributed by atoms with van der Waals surface area (Å²) in [5.74, 6) is 0.648. The highest BCUT2D eigenvalue weighted by Crippen LogP contribution is 2.30. The first kappa shape index (κ1) is 10.0. The molecule has 0 saturated carbocycles. The number of nitrogens with one attached hydrogen (secondary N) is 1. The molecule has 2 aliphatic heterocycles. The zero-order chi connectivity index (χ0) is 12.0. The molecule has 0 aromatic heterocycles. The molecule has 0 saturated heterocycles. The SMILES string of the molecule is Cc1cc(C)c2c(c1)C1=NNC(=O)CN1C=N2. The summed E-state index contributed by atoms with van der Waals surface area (Å²) in [4.78, 5) is 17.4. The molecule has 1 amide bonds. The number of amidine groups is 1. The summed E-state index contributed by atoms with van der Waals surface area (Å²) >= 11 is 0. The van der Waals surface area contributed by atoms with E-state index in [2.05, 4.69) is 21.6 Å². The van der Waals surface area contributed by atoms with Crippen LogP contribution >= 0.6 is 0 Å². The van der Waals surface area contributed by atoms with Crippen molar-refractivity contribution >= 4 is 23.8 Å². The van der Waals surface area contributed by atoms with Gasteiger partial charge in [-0.15, -0.1) is 0 Å². The van der Waals surface area contributed by atoms with Crippen molar-refractivity contribution in [1.82, 2.24) is 10.3 Å². The zero-order valence-electron chi connectivity index (χ0n) is 9.69. The molecule has 0 radical (unpaired) electrons. The van der Waals surface area contributed by atoms with Gasteiger partial charge in [0.2, 0.25) is 0 Å². The second-order valence-corrected chi connectivity index (χ2v) is 4.32. The first-order valence-corrected chi connectivity index (χ1v) is 5.44. The molecule has 5 nitrogen and oxygen atoms in total. The summed E-state index contributed by atoms with van der Waals surface area (Å²) in [6, 6.07) is 4.13. The summed E-state index contributed by atoms with van der Waals surface area (Å²) in [6.07, 6.45) is 1.67. The van der Waals surface area contributed by atoms with Gasteiger partial charge in [0.05, 0.1) is 12.0 Å². The van der Waals surface area contributed by atoms with Gasteiger partial charge in [0, 0.05) is 5.56 Å². The maximum atomic E-state index is 11.2. The topological polar surface area (TPSA) is 57.1 Å². The van der Waals surface area contributed by atoms with Crippen LogP contribution in [0.3, 0.4) is 0 Å². The quantitative estimate of drug-likeness (QED) is 0.722. The fourth-order valence-corrected chi connectivity index (χ4v) is 2.18. The maximum absolute atomic E-state index is 11.2. The number of benzene rings is 1. The molecule has 0 atom stereocenters. The van der Waals surface area contributed by atoms with Gasteiger partial charge >= 0.3 is 0 Å². The van der Waals surface area contributed by atoms with Crippen LogP contribution in [0.2, 0.25) is 0 Å². The van der Waals surface area contributed by atoms with Crippen LogP contribution in [0.4, 0.5) is 5.69 Å². The van der Waals surface area contributed by atoms with Crippen molar-refractivity contribution in [3.05, 3.63) is 28.8 Å². The van der Waals surface area contributed by atoms with E-state index in [0.29, 0.717) is 0 Å². The van der Waals surface area contributed by atoms with Crippen LogP contribution in [0.25, 0.3) is 0 Å². The molecule has 0 unspecified atom stereocenters. The number of aliphatic imine (C=N–C) groups is 1. The van der Waals surface area contributed by atoms with E-state index >= 15 is 0 Å². The van der Waals surface area contributed by atoms with Crippen LogP contribution in [0.5, 0.6) is 0 Å². The van der Waals surface area contributed by atoms with E-state index in [1.165, 1.54) is 0 Å². The van der Waals surface area contributed by atoms with Crippen molar-refractivity contribution in [2.45, 2.75) is 13.8 Å². The van der Waals surface area contributed by atoms with E-state index in [9.17, 15) is 4.79 Å². The van der Waals surface area contributed by atoms with E-state index in [1.54, 1.807) is 11.2 Å². The van der Waals surface area contributed by atoms with Gasteiger partial charge in [-0.1, -0.05) is 6.07 Å². The molecule has 2 heterocycles. The number of carbonyl (C=O) groups is 1. The molecule has 0 spiro atoms. The third kappa shape index (κ3) is 1.51. The number of rotatable bonds is 0. The van der Waals surface area contributed by atoms with Crippen LogP contribution < -0.4 is 5.43 Å². The third-order valence-electron chi connectivity index (χ3n) is 2.88. The van der Waals surface area contributed by atoms with Crippen molar-refractivity contribution in [3.63, 3.8) is 0 Å². The molecule has 0 fully saturated rings. The van der Waals surface area contributed by atoms with E-state index in [4.69, 9.17) is 0 Å². The molecule has 1 aromatic rings. The maximum Gasteiger partial charge on any atom is 0.260 e. The van der Waals surface area contributed by atoms with Gasteiger partial charge in [0.25, 0.3) is 5.91 Å². The van der Waals surface area contributed by atoms with Crippen LogP contribution in [0.1, 0.15) is 16.7 Å². The lowest BCUT2D eigenvalue weighted by Crippen LogP contribution is -2.46. The standard InChI is InChI=1S/C12H12N4O/c1-7-3-8(2)11-9(4-7)12-15-14-10(17)5-16(12)6-13-11/h3-4,6H,5H2,1-2H3,(H,14,17). The highest BCUT2D eigenvalue weighted by molar-refractivity contribution is 6.13. The van der Waals surface area contributed by atoms with Gasteiger partial charge in [-0.25, -0.2) is 10.4 Å². The second-order valence-electron chi connectivity index (χ2n) is 4.32. The van der Waals surface area contributed by atoms with Crippen molar-refractivity contribution in [2.75, 3.05) is 6.54 Å². The van der Waals surface area contributed by atoms with Crippen molar-refractivity contribution in [1.29, 1.82) is 0 Å². The van der Waals surface area contributed by atoms with Gasteiger partial charge in [0.1, 0.15) is 6.54 Å². The molecule has 0 aliphatic carbocycles. The molecular formula is C12H12N4O. The molecule has 2 aliphatic rings. The normalized spacial score (nSPS) is 17.2. The molecule has 1 aromatic carbocycles. The zero-order valence-corrected chi connectivity index (χ0v) is 9.69. The average Bonchev–Trinajstić information content (AvgIpc) is 2.27. The number of carbonyl (C=O) groups excluding carboxylic acids is 1. The molecule has 86 valence electrons. The Bertz CT molecular complexity index is 574. The fourth-order valence-electron chi connectivity index (χ4n) is 2.18. The van der Waals surface area contributed by atoms with Crippen molar-refractivity contribution in [3.8, 4) is 0 Å². The third-order valence-corrected chi connectivity index (χ3v) is 2.88. The predicted molar refractivity (Wildman–Crippen MR) is 65.5 cm³/mol. The number of hydrogen-bond acceptors (Lipinski definition) is 4. The minimum absolute atomic E-state index is 0.118. The summed E-state index contributed by atoms with van der Waals surface area (Å²) in [5, 5.41) is 4.11. The number of amides is 1. The predicted octanol–water partition coefficient (Wildman–Crippen LogP) is 1.07. The lowest BCUT2D eigenvalue weighted by molar-refractivity contribution is -0.121. The van der Waals surface area contributed by atoms with Gasteiger partial charge in [-0.3, -0.25) is 4.79 Å². The Morgan fingerprint density at radius 2 is 2.18 bits per heavy atom. The molecule has 0 bridgehead atoms. The van der Waals surface area contributed by atoms with Crippen LogP contribution in [0, 0.1) is 13.8 Å². The average molecular weight is 228 g/mol. The van der Waals surface area contributed by atoms with Gasteiger partial charge in [0.15, 0.2) is 5.84 Å². The summed E-state index contributed by atoms with van der Waals surface area (Å²) in [5.41, 5.74) is 6.70. The number of fused-ring (bicyclic) bond motifs is 3. The first-order chi connectivity index (χ1) is 8.15. The van der Waals surface area contributed by atoms with Gasteiger partial charge in [-0.2, -0.15) is 5.10 Å². The second kappa shape index (κ2) is 3.41. The Hall–Kier alpha value is -2.17. The Kier molecular flexibility index (Phi) is 2.01. The molecule has 5 heteroatoms. The smallest absolute Gasteiger partial charge is 0.260 e. The first-order valence-electron chi connectivity index (χ1n) is 5.44. The Morgan fingerprint density at radius 3 is 3.00 bits per heavy atom. The number of aryl methyl sites for hydroxylation is 2. The Morgan fingerprint density at radius 1 is 1.35 bits per heavy atom. The molecule has 3 rings (SSSR count). The lowest BCUT2D eigenvalue weighted by Gasteiger charge is -2.29. The molecular weight excluding hydrogens is 216 g/mol. The summed E-state index contributed by atoms with van der Waals surface area (Å²) < 4.78 is 0.